The Morgan fingerprint density at radius 1 is 0.871 bits per heavy atom. The maximum atomic E-state index is 12.6. The Morgan fingerprint density at radius 3 is 2.16 bits per heavy atom. The van der Waals surface area contributed by atoms with E-state index in [-0.39, 0.29) is 10.8 Å². The maximum Gasteiger partial charge on any atom is 0.261 e. The maximum absolute atomic E-state index is 12.6. The Morgan fingerprint density at radius 2 is 1.52 bits per heavy atom. The molecule has 0 radical (unpaired) electrons. The number of amides is 1. The first-order valence-corrected chi connectivity index (χ1v) is 11.9. The molecule has 0 aliphatic heterocycles. The highest BCUT2D eigenvalue weighted by Gasteiger charge is 2.15. The van der Waals surface area contributed by atoms with E-state index >= 15 is 0 Å². The molecule has 2 N–H and O–H groups in total. The van der Waals surface area contributed by atoms with Crippen LogP contribution < -0.4 is 10.0 Å². The van der Waals surface area contributed by atoms with Crippen LogP contribution in [-0.2, 0) is 10.0 Å². The lowest BCUT2D eigenvalue weighted by molar-refractivity contribution is 0.102. The minimum atomic E-state index is -3.69. The van der Waals surface area contributed by atoms with Gasteiger partial charge in [0.25, 0.3) is 15.9 Å². The SMILES string of the molecule is Cc1ccc(S(=O)(=O)Nc2ccc(C(=O)Nc3nc4c(C)ccc(C)c4s3)cc2)cc1. The van der Waals surface area contributed by atoms with Gasteiger partial charge < -0.3 is 0 Å². The number of nitrogens with one attached hydrogen (secondary N) is 2. The molecule has 31 heavy (non-hydrogen) atoms. The summed E-state index contributed by atoms with van der Waals surface area (Å²) in [6, 6.07) is 16.9. The molecule has 0 fully saturated rings. The molecule has 1 heterocycles. The van der Waals surface area contributed by atoms with Crippen LogP contribution in [0.2, 0.25) is 0 Å². The molecule has 158 valence electrons. The van der Waals surface area contributed by atoms with Crippen LogP contribution in [0.4, 0.5) is 10.8 Å². The van der Waals surface area contributed by atoms with Crippen LogP contribution in [0.15, 0.2) is 65.6 Å². The zero-order chi connectivity index (χ0) is 22.2. The van der Waals surface area contributed by atoms with E-state index in [1.165, 1.54) is 11.3 Å². The minimum absolute atomic E-state index is 0.182. The molecule has 0 atom stereocenters. The molecule has 4 aromatic rings. The van der Waals surface area contributed by atoms with Gasteiger partial charge >= 0.3 is 0 Å². The predicted molar refractivity (Wildman–Crippen MR) is 125 cm³/mol. The van der Waals surface area contributed by atoms with Crippen molar-refractivity contribution in [1.82, 2.24) is 4.98 Å². The van der Waals surface area contributed by atoms with Crippen molar-refractivity contribution in [3.8, 4) is 0 Å². The van der Waals surface area contributed by atoms with Crippen LogP contribution in [0, 0.1) is 20.8 Å². The summed E-state index contributed by atoms with van der Waals surface area (Å²) in [6.45, 7) is 5.90. The second-order valence-electron chi connectivity index (χ2n) is 7.35. The summed E-state index contributed by atoms with van der Waals surface area (Å²) < 4.78 is 28.6. The standard InChI is InChI=1S/C23H21N3O3S2/c1-14-4-12-19(13-5-14)31(28,29)26-18-10-8-17(9-11-18)22(27)25-23-24-20-15(2)6-7-16(3)21(20)30-23/h4-13,26H,1-3H3,(H,24,25,27). The number of sulfonamides is 1. The van der Waals surface area contributed by atoms with Crippen LogP contribution in [0.3, 0.4) is 0 Å². The third-order valence-corrected chi connectivity index (χ3v) is 7.40. The Hall–Kier alpha value is -3.23. The van der Waals surface area contributed by atoms with Gasteiger partial charge in [0.2, 0.25) is 0 Å². The van der Waals surface area contributed by atoms with Gasteiger partial charge in [-0.2, -0.15) is 0 Å². The number of fused-ring (bicyclic) bond motifs is 1. The number of aryl methyl sites for hydroxylation is 3. The summed E-state index contributed by atoms with van der Waals surface area (Å²) >= 11 is 1.44. The molecule has 6 nitrogen and oxygen atoms in total. The lowest BCUT2D eigenvalue weighted by Gasteiger charge is -2.09. The summed E-state index contributed by atoms with van der Waals surface area (Å²) in [7, 11) is -3.69. The number of hydrogen-bond acceptors (Lipinski definition) is 5. The Labute approximate surface area is 185 Å². The number of carbonyl (C=O) groups excluding carboxylic acids is 1. The molecule has 0 saturated carbocycles. The lowest BCUT2D eigenvalue weighted by atomic mass is 10.1. The van der Waals surface area contributed by atoms with E-state index in [1.807, 2.05) is 32.9 Å². The van der Waals surface area contributed by atoms with E-state index in [0.717, 1.165) is 26.9 Å². The van der Waals surface area contributed by atoms with Gasteiger partial charge in [-0.3, -0.25) is 14.8 Å². The molecule has 3 aromatic carbocycles. The molecule has 1 amide bonds. The fourth-order valence-corrected chi connectivity index (χ4v) is 5.17. The number of aromatic nitrogens is 1. The largest absolute Gasteiger partial charge is 0.298 e. The van der Waals surface area contributed by atoms with E-state index in [9.17, 15) is 13.2 Å². The summed E-state index contributed by atoms with van der Waals surface area (Å²) in [5, 5.41) is 3.36. The molecular weight excluding hydrogens is 430 g/mol. The Kier molecular flexibility index (Phi) is 5.51. The van der Waals surface area contributed by atoms with Crippen molar-refractivity contribution in [2.45, 2.75) is 25.7 Å². The molecule has 0 unspecified atom stereocenters. The molecular formula is C23H21N3O3S2. The molecule has 0 saturated heterocycles. The van der Waals surface area contributed by atoms with Crippen molar-refractivity contribution in [2.75, 3.05) is 10.0 Å². The summed E-state index contributed by atoms with van der Waals surface area (Å²) in [5.41, 5.74) is 4.83. The van der Waals surface area contributed by atoms with Gasteiger partial charge in [-0.05, 0) is 68.3 Å². The topological polar surface area (TPSA) is 88.2 Å². The second-order valence-corrected chi connectivity index (χ2v) is 10.0. The number of carbonyl (C=O) groups is 1. The van der Waals surface area contributed by atoms with Crippen molar-refractivity contribution in [2.24, 2.45) is 0 Å². The monoisotopic (exact) mass is 451 g/mol. The van der Waals surface area contributed by atoms with E-state index < -0.39 is 10.0 Å². The summed E-state index contributed by atoms with van der Waals surface area (Å²) in [4.78, 5) is 17.3. The number of anilines is 2. The molecule has 4 rings (SSSR count). The van der Waals surface area contributed by atoms with Gasteiger partial charge in [0.15, 0.2) is 5.13 Å². The van der Waals surface area contributed by atoms with Crippen molar-refractivity contribution in [3.05, 3.63) is 82.9 Å². The third kappa shape index (κ3) is 4.45. The first-order valence-electron chi connectivity index (χ1n) is 9.60. The van der Waals surface area contributed by atoms with E-state index in [1.54, 1.807) is 48.5 Å². The highest BCUT2D eigenvalue weighted by atomic mass is 32.2. The second kappa shape index (κ2) is 8.13. The zero-order valence-electron chi connectivity index (χ0n) is 17.3. The van der Waals surface area contributed by atoms with Gasteiger partial charge in [-0.15, -0.1) is 0 Å². The fourth-order valence-electron chi connectivity index (χ4n) is 3.10. The average Bonchev–Trinajstić information content (AvgIpc) is 3.16. The lowest BCUT2D eigenvalue weighted by Crippen LogP contribution is -2.14. The van der Waals surface area contributed by atoms with E-state index in [2.05, 4.69) is 15.0 Å². The Bertz CT molecular complexity index is 1340. The number of rotatable bonds is 5. The number of nitrogens with zero attached hydrogens (tertiary/aromatic N) is 1. The first-order chi connectivity index (χ1) is 14.7. The molecule has 0 bridgehead atoms. The van der Waals surface area contributed by atoms with Crippen molar-refractivity contribution in [1.29, 1.82) is 0 Å². The van der Waals surface area contributed by atoms with Gasteiger partial charge in [-0.1, -0.05) is 41.2 Å². The predicted octanol–water partition coefficient (Wildman–Crippen LogP) is 5.27. The van der Waals surface area contributed by atoms with E-state index in [0.29, 0.717) is 16.4 Å². The van der Waals surface area contributed by atoms with Crippen molar-refractivity contribution >= 4 is 48.3 Å². The highest BCUT2D eigenvalue weighted by Crippen LogP contribution is 2.31. The third-order valence-electron chi connectivity index (χ3n) is 4.89. The minimum Gasteiger partial charge on any atom is -0.298 e. The highest BCUT2D eigenvalue weighted by molar-refractivity contribution is 7.92. The van der Waals surface area contributed by atoms with Gasteiger partial charge in [0.05, 0.1) is 15.1 Å². The number of hydrogen-bond donors (Lipinski definition) is 2. The Balaban J connectivity index is 1.49. The van der Waals surface area contributed by atoms with Gasteiger partial charge in [0.1, 0.15) is 0 Å². The van der Waals surface area contributed by atoms with Gasteiger partial charge in [0, 0.05) is 11.3 Å². The van der Waals surface area contributed by atoms with Crippen molar-refractivity contribution < 1.29 is 13.2 Å². The van der Waals surface area contributed by atoms with Crippen LogP contribution in [0.25, 0.3) is 10.2 Å². The number of benzene rings is 3. The smallest absolute Gasteiger partial charge is 0.261 e. The fraction of sp³-hybridized carbons (Fsp3) is 0.130. The van der Waals surface area contributed by atoms with Crippen LogP contribution >= 0.6 is 11.3 Å². The molecule has 1 aromatic heterocycles. The zero-order valence-corrected chi connectivity index (χ0v) is 18.9. The van der Waals surface area contributed by atoms with Gasteiger partial charge in [-0.25, -0.2) is 13.4 Å². The number of thiazole rings is 1. The summed E-state index contributed by atoms with van der Waals surface area (Å²) in [6.07, 6.45) is 0. The van der Waals surface area contributed by atoms with Crippen LogP contribution in [-0.4, -0.2) is 19.3 Å². The molecule has 8 heteroatoms. The molecule has 0 aliphatic rings. The molecule has 0 spiro atoms. The van der Waals surface area contributed by atoms with Crippen LogP contribution in [0.5, 0.6) is 0 Å². The normalized spacial score (nSPS) is 11.5. The quantitative estimate of drug-likeness (QED) is 0.432. The first kappa shape index (κ1) is 21.0. The van der Waals surface area contributed by atoms with E-state index in [4.69, 9.17) is 0 Å². The summed E-state index contributed by atoms with van der Waals surface area (Å²) in [5.74, 6) is -0.303. The molecule has 0 aliphatic carbocycles. The van der Waals surface area contributed by atoms with Crippen molar-refractivity contribution in [3.63, 3.8) is 0 Å². The average molecular weight is 452 g/mol. The van der Waals surface area contributed by atoms with Crippen LogP contribution in [0.1, 0.15) is 27.0 Å².